The lowest BCUT2D eigenvalue weighted by Gasteiger charge is -2.34. The first kappa shape index (κ1) is 32.3. The highest BCUT2D eigenvalue weighted by Crippen LogP contribution is 2.35. The van der Waals surface area contributed by atoms with Crippen LogP contribution in [0.5, 0.6) is 5.75 Å². The summed E-state index contributed by atoms with van der Waals surface area (Å²) in [5, 5.41) is 0.593. The summed E-state index contributed by atoms with van der Waals surface area (Å²) in [4.78, 5) is 21.0. The van der Waals surface area contributed by atoms with Crippen LogP contribution < -0.4 is 9.64 Å². The fourth-order valence-electron chi connectivity index (χ4n) is 4.73. The van der Waals surface area contributed by atoms with Crippen molar-refractivity contribution in [2.75, 3.05) is 31.6 Å². The van der Waals surface area contributed by atoms with Gasteiger partial charge in [-0.15, -0.1) is 24.8 Å². The molecule has 3 aromatic carbocycles. The van der Waals surface area contributed by atoms with E-state index in [2.05, 4.69) is 9.88 Å². The number of methoxy groups -OCH3 is 1. The van der Waals surface area contributed by atoms with Crippen LogP contribution in [-0.2, 0) is 24.1 Å². The third-order valence-electron chi connectivity index (χ3n) is 6.75. The summed E-state index contributed by atoms with van der Waals surface area (Å²) in [5.41, 5.74) is 3.36. The molecular weight excluding hydrogens is 600 g/mol. The number of halogens is 6. The number of carbonyl (C=O) groups is 1. The molecule has 0 saturated carbocycles. The average Bonchev–Trinajstić information content (AvgIpc) is 3.34. The molecule has 0 atom stereocenters. The van der Waals surface area contributed by atoms with Crippen LogP contribution in [0.25, 0.3) is 11.1 Å². The summed E-state index contributed by atoms with van der Waals surface area (Å²) in [6.45, 7) is 2.65. The number of nitrogens with zero attached hydrogens (tertiary/aromatic N) is 4. The fourth-order valence-corrected chi connectivity index (χ4v) is 4.92. The van der Waals surface area contributed by atoms with E-state index in [1.165, 1.54) is 19.2 Å². The Morgan fingerprint density at radius 1 is 0.976 bits per heavy atom. The number of rotatable bonds is 7. The van der Waals surface area contributed by atoms with Crippen molar-refractivity contribution in [3.8, 4) is 16.9 Å². The monoisotopic (exact) mass is 626 g/mol. The van der Waals surface area contributed by atoms with E-state index in [-0.39, 0.29) is 37.3 Å². The number of benzene rings is 3. The number of amides is 1. The molecule has 0 bridgehead atoms. The zero-order chi connectivity index (χ0) is 27.6. The van der Waals surface area contributed by atoms with Crippen LogP contribution in [0.4, 0.5) is 18.9 Å². The number of piperazine rings is 1. The third kappa shape index (κ3) is 7.54. The van der Waals surface area contributed by atoms with Crippen LogP contribution in [-0.4, -0.2) is 47.1 Å². The highest BCUT2D eigenvalue weighted by atomic mass is 35.5. The smallest absolute Gasteiger partial charge is 0.416 e. The van der Waals surface area contributed by atoms with Gasteiger partial charge in [0.15, 0.2) is 0 Å². The van der Waals surface area contributed by atoms with Crippen molar-refractivity contribution in [1.29, 1.82) is 0 Å². The second-order valence-electron chi connectivity index (χ2n) is 9.36. The molecule has 12 heteroatoms. The summed E-state index contributed by atoms with van der Waals surface area (Å²) in [5.74, 6) is 0.579. The molecule has 1 fully saturated rings. The Labute approximate surface area is 253 Å². The van der Waals surface area contributed by atoms with E-state index in [4.69, 9.17) is 16.3 Å². The number of imidazole rings is 1. The van der Waals surface area contributed by atoms with Gasteiger partial charge < -0.3 is 14.2 Å². The normalized spacial score (nSPS) is 13.9. The molecular formula is C29H28Cl3F3N4O2. The Morgan fingerprint density at radius 3 is 2.39 bits per heavy atom. The minimum atomic E-state index is -4.38. The maximum absolute atomic E-state index is 12.9. The van der Waals surface area contributed by atoms with Crippen molar-refractivity contribution in [2.45, 2.75) is 19.3 Å². The van der Waals surface area contributed by atoms with Gasteiger partial charge >= 0.3 is 6.18 Å². The van der Waals surface area contributed by atoms with E-state index in [0.717, 1.165) is 29.1 Å². The van der Waals surface area contributed by atoms with Gasteiger partial charge in [0.2, 0.25) is 5.91 Å². The summed E-state index contributed by atoms with van der Waals surface area (Å²) in [7, 11) is 1.54. The fraction of sp³-hybridized carbons (Fsp3) is 0.241. The van der Waals surface area contributed by atoms with Crippen LogP contribution in [0.1, 0.15) is 16.8 Å². The maximum atomic E-state index is 12.9. The number of anilines is 1. The van der Waals surface area contributed by atoms with Crippen molar-refractivity contribution in [3.05, 3.63) is 101 Å². The number of hydrogen-bond acceptors (Lipinski definition) is 4. The van der Waals surface area contributed by atoms with Gasteiger partial charge in [-0.05, 0) is 47.5 Å². The molecule has 1 aliphatic rings. The van der Waals surface area contributed by atoms with Crippen LogP contribution in [0.2, 0.25) is 5.02 Å². The van der Waals surface area contributed by atoms with Crippen LogP contribution in [0, 0.1) is 0 Å². The summed E-state index contributed by atoms with van der Waals surface area (Å²) in [6, 6.07) is 18.0. The van der Waals surface area contributed by atoms with E-state index >= 15 is 0 Å². The molecule has 2 heterocycles. The van der Waals surface area contributed by atoms with E-state index in [0.29, 0.717) is 48.1 Å². The van der Waals surface area contributed by atoms with Crippen LogP contribution in [0.15, 0.2) is 79.3 Å². The van der Waals surface area contributed by atoms with Gasteiger partial charge in [0.1, 0.15) is 5.75 Å². The molecule has 1 saturated heterocycles. The first-order valence-corrected chi connectivity index (χ1v) is 12.7. The molecule has 0 radical (unpaired) electrons. The standard InChI is InChI=1S/C29H26ClF3N4O2.2ClH/c1-39-27-13-20(5-10-26(27)21-6-8-22(9-7-21)29(31,32)33)16-36-19-34-15-25(36)17-35-11-12-37(28(38)18-35)24-4-2-3-23(30)14-24;;/h2-10,13-15,19H,11-12,16-18H2,1H3;2*1H. The molecule has 1 amide bonds. The van der Waals surface area contributed by atoms with Crippen molar-refractivity contribution in [1.82, 2.24) is 14.5 Å². The number of alkyl halides is 3. The molecule has 1 aliphatic heterocycles. The Morgan fingerprint density at radius 2 is 1.73 bits per heavy atom. The molecule has 0 unspecified atom stereocenters. The minimum Gasteiger partial charge on any atom is -0.496 e. The predicted molar refractivity (Wildman–Crippen MR) is 158 cm³/mol. The second kappa shape index (κ2) is 13.6. The SMILES string of the molecule is COc1cc(Cn2cncc2CN2CCN(c3cccc(Cl)c3)C(=O)C2)ccc1-c1ccc(C(F)(F)F)cc1.Cl.Cl. The lowest BCUT2D eigenvalue weighted by Crippen LogP contribution is -2.50. The number of aromatic nitrogens is 2. The summed E-state index contributed by atoms with van der Waals surface area (Å²) >= 11 is 6.10. The zero-order valence-electron chi connectivity index (χ0n) is 22.0. The van der Waals surface area contributed by atoms with E-state index in [1.54, 1.807) is 29.6 Å². The molecule has 218 valence electrons. The molecule has 5 rings (SSSR count). The van der Waals surface area contributed by atoms with Crippen molar-refractivity contribution in [3.63, 3.8) is 0 Å². The highest BCUT2D eigenvalue weighted by Gasteiger charge is 2.30. The van der Waals surface area contributed by atoms with Gasteiger partial charge in [-0.2, -0.15) is 13.2 Å². The van der Waals surface area contributed by atoms with E-state index in [1.807, 2.05) is 34.9 Å². The van der Waals surface area contributed by atoms with Crippen molar-refractivity contribution in [2.24, 2.45) is 0 Å². The van der Waals surface area contributed by atoms with Gasteiger partial charge in [-0.25, -0.2) is 4.98 Å². The lowest BCUT2D eigenvalue weighted by molar-refractivity contribution is -0.137. The average molecular weight is 628 g/mol. The quantitative estimate of drug-likeness (QED) is 0.222. The third-order valence-corrected chi connectivity index (χ3v) is 6.98. The van der Waals surface area contributed by atoms with Gasteiger partial charge in [0, 0.05) is 48.6 Å². The molecule has 6 nitrogen and oxygen atoms in total. The van der Waals surface area contributed by atoms with Crippen LogP contribution >= 0.6 is 36.4 Å². The Hall–Kier alpha value is -3.24. The van der Waals surface area contributed by atoms with Gasteiger partial charge in [-0.1, -0.05) is 41.9 Å². The van der Waals surface area contributed by atoms with E-state index < -0.39 is 11.7 Å². The molecule has 1 aromatic heterocycles. The molecule has 0 aliphatic carbocycles. The maximum Gasteiger partial charge on any atom is 0.416 e. The lowest BCUT2D eigenvalue weighted by atomic mass is 10.0. The predicted octanol–water partition coefficient (Wildman–Crippen LogP) is 6.97. The topological polar surface area (TPSA) is 50.6 Å². The number of ether oxygens (including phenoxy) is 1. The summed E-state index contributed by atoms with van der Waals surface area (Å²) in [6.07, 6.45) is -0.844. The molecule has 0 N–H and O–H groups in total. The minimum absolute atomic E-state index is 0. The zero-order valence-corrected chi connectivity index (χ0v) is 24.4. The first-order chi connectivity index (χ1) is 18.7. The Kier molecular flexibility index (Phi) is 10.7. The molecule has 0 spiro atoms. The highest BCUT2D eigenvalue weighted by molar-refractivity contribution is 6.30. The van der Waals surface area contributed by atoms with Crippen LogP contribution in [0.3, 0.4) is 0 Å². The number of hydrogen-bond donors (Lipinski definition) is 0. The van der Waals surface area contributed by atoms with Crippen molar-refractivity contribution >= 4 is 48.0 Å². The molecule has 41 heavy (non-hydrogen) atoms. The largest absolute Gasteiger partial charge is 0.496 e. The van der Waals surface area contributed by atoms with E-state index in [9.17, 15) is 18.0 Å². The Balaban J connectivity index is 0.00000231. The van der Waals surface area contributed by atoms with Crippen molar-refractivity contribution < 1.29 is 22.7 Å². The first-order valence-electron chi connectivity index (χ1n) is 12.3. The van der Waals surface area contributed by atoms with Gasteiger partial charge in [0.05, 0.1) is 31.2 Å². The van der Waals surface area contributed by atoms with Gasteiger partial charge in [-0.3, -0.25) is 9.69 Å². The van der Waals surface area contributed by atoms with Gasteiger partial charge in [0.25, 0.3) is 0 Å². The second-order valence-corrected chi connectivity index (χ2v) is 9.79. The molecule has 4 aromatic rings. The Bertz CT molecular complexity index is 1480. The summed E-state index contributed by atoms with van der Waals surface area (Å²) < 4.78 is 46.4. The number of carbonyl (C=O) groups excluding carboxylic acids is 1.